The molecular formula is C21H25NO3. The molecule has 0 fully saturated rings. The van der Waals surface area contributed by atoms with Crippen LogP contribution in [0.3, 0.4) is 0 Å². The molecule has 2 aromatic rings. The highest BCUT2D eigenvalue weighted by Gasteiger charge is 2.13. The van der Waals surface area contributed by atoms with E-state index in [1.807, 2.05) is 56.3 Å². The van der Waals surface area contributed by atoms with Crippen molar-refractivity contribution >= 4 is 17.6 Å². The van der Waals surface area contributed by atoms with Gasteiger partial charge in [0.15, 0.2) is 6.61 Å². The van der Waals surface area contributed by atoms with E-state index in [2.05, 4.69) is 19.2 Å². The summed E-state index contributed by atoms with van der Waals surface area (Å²) in [7, 11) is 0. The van der Waals surface area contributed by atoms with Crippen molar-refractivity contribution in [2.24, 2.45) is 0 Å². The number of carbonyl (C=O) groups excluding carboxylic acids is 2. The molecule has 0 unspecified atom stereocenters. The molecule has 0 atom stereocenters. The third-order valence-corrected chi connectivity index (χ3v) is 4.02. The number of rotatable bonds is 6. The summed E-state index contributed by atoms with van der Waals surface area (Å²) in [5.41, 5.74) is 4.87. The Morgan fingerprint density at radius 1 is 1.04 bits per heavy atom. The molecule has 4 nitrogen and oxygen atoms in total. The van der Waals surface area contributed by atoms with Gasteiger partial charge in [0.2, 0.25) is 0 Å². The largest absolute Gasteiger partial charge is 0.455 e. The Balaban J connectivity index is 1.91. The van der Waals surface area contributed by atoms with Crippen LogP contribution in [0.5, 0.6) is 0 Å². The van der Waals surface area contributed by atoms with Crippen LogP contribution >= 0.6 is 0 Å². The Kier molecular flexibility index (Phi) is 6.34. The van der Waals surface area contributed by atoms with E-state index < -0.39 is 5.97 Å². The number of carbonyl (C=O) groups is 2. The molecule has 1 amide bonds. The van der Waals surface area contributed by atoms with Crippen LogP contribution in [0.1, 0.15) is 42.0 Å². The van der Waals surface area contributed by atoms with Crippen LogP contribution in [-0.4, -0.2) is 18.5 Å². The lowest BCUT2D eigenvalue weighted by Crippen LogP contribution is -2.22. The molecule has 0 bridgehead atoms. The molecule has 4 heteroatoms. The number of aryl methyl sites for hydroxylation is 2. The second-order valence-corrected chi connectivity index (χ2v) is 6.57. The summed E-state index contributed by atoms with van der Waals surface area (Å²) < 4.78 is 5.10. The van der Waals surface area contributed by atoms with E-state index in [9.17, 15) is 9.59 Å². The van der Waals surface area contributed by atoms with Crippen molar-refractivity contribution < 1.29 is 14.3 Å². The van der Waals surface area contributed by atoms with Gasteiger partial charge in [-0.15, -0.1) is 0 Å². The van der Waals surface area contributed by atoms with Crippen molar-refractivity contribution in [1.82, 2.24) is 0 Å². The number of hydrogen-bond acceptors (Lipinski definition) is 3. The van der Waals surface area contributed by atoms with Gasteiger partial charge in [0.25, 0.3) is 5.91 Å². The maximum Gasteiger partial charge on any atom is 0.310 e. The lowest BCUT2D eigenvalue weighted by atomic mass is 9.98. The van der Waals surface area contributed by atoms with Gasteiger partial charge >= 0.3 is 5.97 Å². The molecule has 0 heterocycles. The van der Waals surface area contributed by atoms with E-state index in [1.54, 1.807) is 0 Å². The molecule has 2 aromatic carbocycles. The summed E-state index contributed by atoms with van der Waals surface area (Å²) in [6.07, 6.45) is 0.162. The van der Waals surface area contributed by atoms with E-state index in [0.29, 0.717) is 5.92 Å². The Morgan fingerprint density at radius 2 is 1.72 bits per heavy atom. The lowest BCUT2D eigenvalue weighted by molar-refractivity contribution is -0.146. The Bertz CT molecular complexity index is 748. The number of para-hydroxylation sites is 1. The SMILES string of the molecule is Cc1ccc(CC(=O)OCC(=O)Nc2c(C)cccc2C(C)C)cc1. The third-order valence-electron chi connectivity index (χ3n) is 4.02. The van der Waals surface area contributed by atoms with Gasteiger partial charge in [0.05, 0.1) is 6.42 Å². The molecule has 0 saturated carbocycles. The van der Waals surface area contributed by atoms with Gasteiger partial charge in [-0.3, -0.25) is 9.59 Å². The third kappa shape index (κ3) is 5.45. The van der Waals surface area contributed by atoms with Gasteiger partial charge in [0.1, 0.15) is 0 Å². The highest BCUT2D eigenvalue weighted by Crippen LogP contribution is 2.27. The minimum atomic E-state index is -0.409. The molecule has 0 aliphatic rings. The summed E-state index contributed by atoms with van der Waals surface area (Å²) >= 11 is 0. The summed E-state index contributed by atoms with van der Waals surface area (Å²) in [6.45, 7) is 7.81. The molecule has 0 spiro atoms. The zero-order valence-corrected chi connectivity index (χ0v) is 15.3. The topological polar surface area (TPSA) is 55.4 Å². The first-order valence-electron chi connectivity index (χ1n) is 8.47. The van der Waals surface area contributed by atoms with Crippen LogP contribution in [0.25, 0.3) is 0 Å². The summed E-state index contributed by atoms with van der Waals surface area (Å²) in [4.78, 5) is 24.0. The van der Waals surface area contributed by atoms with Gasteiger partial charge in [-0.25, -0.2) is 0 Å². The van der Waals surface area contributed by atoms with E-state index in [1.165, 1.54) is 0 Å². The highest BCUT2D eigenvalue weighted by molar-refractivity contribution is 5.94. The van der Waals surface area contributed by atoms with Gasteiger partial charge < -0.3 is 10.1 Å². The number of esters is 1. The van der Waals surface area contributed by atoms with Crippen molar-refractivity contribution in [3.8, 4) is 0 Å². The van der Waals surface area contributed by atoms with Crippen molar-refractivity contribution in [2.45, 2.75) is 40.0 Å². The van der Waals surface area contributed by atoms with Gasteiger partial charge in [-0.2, -0.15) is 0 Å². The fourth-order valence-electron chi connectivity index (χ4n) is 2.59. The number of hydrogen-bond donors (Lipinski definition) is 1. The van der Waals surface area contributed by atoms with E-state index in [0.717, 1.165) is 27.9 Å². The van der Waals surface area contributed by atoms with Crippen molar-refractivity contribution in [2.75, 3.05) is 11.9 Å². The molecule has 0 saturated heterocycles. The van der Waals surface area contributed by atoms with E-state index in [4.69, 9.17) is 4.74 Å². The first-order valence-corrected chi connectivity index (χ1v) is 8.47. The quantitative estimate of drug-likeness (QED) is 0.804. The zero-order valence-electron chi connectivity index (χ0n) is 15.3. The van der Waals surface area contributed by atoms with Crippen LogP contribution in [-0.2, 0) is 20.7 Å². The molecule has 0 radical (unpaired) electrons. The number of ether oxygens (including phenoxy) is 1. The molecule has 132 valence electrons. The minimum absolute atomic E-state index is 0.162. The number of amides is 1. The minimum Gasteiger partial charge on any atom is -0.455 e. The van der Waals surface area contributed by atoms with Crippen LogP contribution in [0.15, 0.2) is 42.5 Å². The predicted octanol–water partition coefficient (Wildman–Crippen LogP) is 4.15. The predicted molar refractivity (Wildman–Crippen MR) is 99.7 cm³/mol. The number of anilines is 1. The number of nitrogens with one attached hydrogen (secondary N) is 1. The fourth-order valence-corrected chi connectivity index (χ4v) is 2.59. The highest BCUT2D eigenvalue weighted by atomic mass is 16.5. The van der Waals surface area contributed by atoms with E-state index in [-0.39, 0.29) is 18.9 Å². The maximum absolute atomic E-state index is 12.2. The number of benzene rings is 2. The zero-order chi connectivity index (χ0) is 18.4. The van der Waals surface area contributed by atoms with Gasteiger partial charge in [-0.1, -0.05) is 61.9 Å². The van der Waals surface area contributed by atoms with Gasteiger partial charge in [0, 0.05) is 5.69 Å². The normalized spacial score (nSPS) is 10.6. The second-order valence-electron chi connectivity index (χ2n) is 6.57. The van der Waals surface area contributed by atoms with Crippen molar-refractivity contribution in [3.05, 3.63) is 64.7 Å². The smallest absolute Gasteiger partial charge is 0.310 e. The van der Waals surface area contributed by atoms with Gasteiger partial charge in [-0.05, 0) is 36.5 Å². The monoisotopic (exact) mass is 339 g/mol. The molecule has 0 aliphatic carbocycles. The molecule has 0 aromatic heterocycles. The Hall–Kier alpha value is -2.62. The lowest BCUT2D eigenvalue weighted by Gasteiger charge is -2.16. The maximum atomic E-state index is 12.2. The van der Waals surface area contributed by atoms with Crippen molar-refractivity contribution in [1.29, 1.82) is 0 Å². The standard InChI is InChI=1S/C21H25NO3/c1-14(2)18-7-5-6-16(4)21(18)22-19(23)13-25-20(24)12-17-10-8-15(3)9-11-17/h5-11,14H,12-13H2,1-4H3,(H,22,23). The van der Waals surface area contributed by atoms with Crippen LogP contribution in [0.4, 0.5) is 5.69 Å². The first-order chi connectivity index (χ1) is 11.9. The van der Waals surface area contributed by atoms with Crippen LogP contribution in [0, 0.1) is 13.8 Å². The van der Waals surface area contributed by atoms with E-state index >= 15 is 0 Å². The summed E-state index contributed by atoms with van der Waals surface area (Å²) in [5, 5.41) is 2.87. The average Bonchev–Trinajstić information content (AvgIpc) is 2.56. The first kappa shape index (κ1) is 18.7. The molecule has 1 N–H and O–H groups in total. The fraction of sp³-hybridized carbons (Fsp3) is 0.333. The Morgan fingerprint density at radius 3 is 2.36 bits per heavy atom. The molecule has 2 rings (SSSR count). The average molecular weight is 339 g/mol. The molecule has 0 aliphatic heterocycles. The molecule has 25 heavy (non-hydrogen) atoms. The second kappa shape index (κ2) is 8.47. The summed E-state index contributed by atoms with van der Waals surface area (Å²) in [5.74, 6) is -0.444. The summed E-state index contributed by atoms with van der Waals surface area (Å²) in [6, 6.07) is 13.6. The van der Waals surface area contributed by atoms with Crippen LogP contribution in [0.2, 0.25) is 0 Å². The molecular weight excluding hydrogens is 314 g/mol. The van der Waals surface area contributed by atoms with Crippen LogP contribution < -0.4 is 5.32 Å². The van der Waals surface area contributed by atoms with Crippen molar-refractivity contribution in [3.63, 3.8) is 0 Å². The Labute approximate surface area is 149 Å².